The Hall–Kier alpha value is -2.10. The molecule has 0 fully saturated rings. The summed E-state index contributed by atoms with van der Waals surface area (Å²) in [6.07, 6.45) is 3.06. The second kappa shape index (κ2) is 5.70. The van der Waals surface area contributed by atoms with Gasteiger partial charge in [0, 0.05) is 6.08 Å². The Morgan fingerprint density at radius 1 is 1.44 bits per heavy atom. The average molecular weight is 219 g/mol. The van der Waals surface area contributed by atoms with Crippen LogP contribution in [0.1, 0.15) is 18.1 Å². The molecule has 0 saturated heterocycles. The van der Waals surface area contributed by atoms with Gasteiger partial charge in [-0.2, -0.15) is 0 Å². The molecule has 0 unspecified atom stereocenters. The van der Waals surface area contributed by atoms with E-state index in [4.69, 9.17) is 15.9 Å². The first-order chi connectivity index (χ1) is 7.63. The second-order valence-corrected chi connectivity index (χ2v) is 3.16. The third kappa shape index (κ3) is 3.57. The van der Waals surface area contributed by atoms with Gasteiger partial charge in [-0.25, -0.2) is 4.79 Å². The highest BCUT2D eigenvalue weighted by Crippen LogP contribution is 2.05. The van der Waals surface area contributed by atoms with Crippen LogP contribution in [0, 0.1) is 0 Å². The minimum absolute atomic E-state index is 0.279. The zero-order chi connectivity index (χ0) is 12.0. The number of nitrogens with two attached hydrogens (primary N) is 2. The molecule has 0 spiro atoms. The number of ether oxygens (including phenoxy) is 1. The summed E-state index contributed by atoms with van der Waals surface area (Å²) in [6.45, 7) is 2.14. The fourth-order valence-electron chi connectivity index (χ4n) is 1.14. The fourth-order valence-corrected chi connectivity index (χ4v) is 1.14. The van der Waals surface area contributed by atoms with Gasteiger partial charge in [-0.05, 0) is 30.7 Å². The van der Waals surface area contributed by atoms with Gasteiger partial charge in [0.05, 0.1) is 12.2 Å². The second-order valence-electron chi connectivity index (χ2n) is 3.16. The Kier molecular flexibility index (Phi) is 4.27. The van der Waals surface area contributed by atoms with Gasteiger partial charge in [0.2, 0.25) is 0 Å². The van der Waals surface area contributed by atoms with Gasteiger partial charge < -0.3 is 4.74 Å². The van der Waals surface area contributed by atoms with Gasteiger partial charge in [-0.1, -0.05) is 12.1 Å². The molecule has 1 aromatic carbocycles. The Morgan fingerprint density at radius 2 is 2.06 bits per heavy atom. The van der Waals surface area contributed by atoms with Crippen molar-refractivity contribution in [2.45, 2.75) is 6.92 Å². The van der Waals surface area contributed by atoms with Crippen molar-refractivity contribution in [3.05, 3.63) is 41.5 Å². The topological polar surface area (TPSA) is 77.9 Å². The van der Waals surface area contributed by atoms with Crippen LogP contribution >= 0.6 is 0 Å². The molecule has 0 atom stereocenters. The highest BCUT2D eigenvalue weighted by Gasteiger charge is 1.99. The lowest BCUT2D eigenvalue weighted by Gasteiger charge is -1.96. The van der Waals surface area contributed by atoms with E-state index in [0.29, 0.717) is 6.61 Å². The van der Waals surface area contributed by atoms with Crippen molar-refractivity contribution >= 4 is 17.9 Å². The first-order valence-corrected chi connectivity index (χ1v) is 4.96. The summed E-state index contributed by atoms with van der Waals surface area (Å²) in [6, 6.07) is 7.23. The van der Waals surface area contributed by atoms with Crippen LogP contribution in [0.2, 0.25) is 0 Å². The molecule has 4 heteroatoms. The molecule has 0 aromatic heterocycles. The summed E-state index contributed by atoms with van der Waals surface area (Å²) in [5.74, 6) is -0.0719. The van der Waals surface area contributed by atoms with E-state index in [2.05, 4.69) is 0 Å². The van der Waals surface area contributed by atoms with Crippen LogP contribution in [-0.2, 0) is 9.53 Å². The Morgan fingerprint density at radius 3 is 2.56 bits per heavy atom. The van der Waals surface area contributed by atoms with Gasteiger partial charge in [-0.3, -0.25) is 11.1 Å². The highest BCUT2D eigenvalue weighted by molar-refractivity contribution is 5.93. The average Bonchev–Trinajstić information content (AvgIpc) is 2.27. The maximum absolute atomic E-state index is 11.0. The van der Waals surface area contributed by atoms with E-state index in [9.17, 15) is 4.79 Å². The quantitative estimate of drug-likeness (QED) is 0.316. The minimum Gasteiger partial charge on any atom is -0.463 e. The lowest BCUT2D eigenvalue weighted by Crippen LogP contribution is -2.46. The standard InChI is InChI=1S/C12H14N2O2/c1-2-16-11(15)8-5-9-3-6-10(7-4-9)12(13)14/h3-8H,2H2,1H3,(H3,13,14)/p+1/b8-5+. The number of carbonyl (C=O) groups excluding carboxylic acids is 1. The largest absolute Gasteiger partial charge is 0.463 e. The van der Waals surface area contributed by atoms with E-state index >= 15 is 0 Å². The SMILES string of the molecule is CCOC(=O)/C=C/c1ccc(C(N)=[NH2+])cc1. The van der Waals surface area contributed by atoms with E-state index in [1.165, 1.54) is 6.08 Å². The number of benzene rings is 1. The number of carbonyl (C=O) groups is 1. The third-order valence-electron chi connectivity index (χ3n) is 1.94. The molecule has 0 bridgehead atoms. The van der Waals surface area contributed by atoms with E-state index < -0.39 is 0 Å². The molecular weight excluding hydrogens is 204 g/mol. The van der Waals surface area contributed by atoms with Crippen molar-refractivity contribution in [1.82, 2.24) is 0 Å². The number of rotatable bonds is 4. The lowest BCUT2D eigenvalue weighted by molar-refractivity contribution is -0.137. The van der Waals surface area contributed by atoms with Crippen LogP contribution in [0.3, 0.4) is 0 Å². The smallest absolute Gasteiger partial charge is 0.330 e. The summed E-state index contributed by atoms with van der Waals surface area (Å²) in [4.78, 5) is 11.0. The molecule has 0 aliphatic carbocycles. The fraction of sp³-hybridized carbons (Fsp3) is 0.167. The molecule has 0 amide bonds. The van der Waals surface area contributed by atoms with Crippen LogP contribution < -0.4 is 11.1 Å². The van der Waals surface area contributed by atoms with Crippen molar-refractivity contribution in [2.24, 2.45) is 5.73 Å². The van der Waals surface area contributed by atoms with Crippen molar-refractivity contribution in [2.75, 3.05) is 6.61 Å². The molecule has 1 aromatic rings. The monoisotopic (exact) mass is 219 g/mol. The van der Waals surface area contributed by atoms with Crippen LogP contribution in [-0.4, -0.2) is 18.4 Å². The number of amidine groups is 1. The molecule has 84 valence electrons. The van der Waals surface area contributed by atoms with E-state index in [0.717, 1.165) is 11.1 Å². The van der Waals surface area contributed by atoms with Gasteiger partial charge in [0.25, 0.3) is 5.84 Å². The number of hydrogen-bond acceptors (Lipinski definition) is 2. The zero-order valence-electron chi connectivity index (χ0n) is 9.14. The summed E-state index contributed by atoms with van der Waals surface area (Å²) in [5, 5.41) is 5.43. The van der Waals surface area contributed by atoms with Gasteiger partial charge in [0.15, 0.2) is 0 Å². The van der Waals surface area contributed by atoms with E-state index in [-0.39, 0.29) is 11.8 Å². The third-order valence-corrected chi connectivity index (χ3v) is 1.94. The summed E-state index contributed by atoms with van der Waals surface area (Å²) in [5.41, 5.74) is 7.09. The van der Waals surface area contributed by atoms with Crippen LogP contribution in [0.15, 0.2) is 30.3 Å². The molecule has 0 aliphatic heterocycles. The van der Waals surface area contributed by atoms with Crippen LogP contribution in [0.5, 0.6) is 0 Å². The van der Waals surface area contributed by atoms with Gasteiger partial charge >= 0.3 is 5.97 Å². The van der Waals surface area contributed by atoms with Gasteiger partial charge in [0.1, 0.15) is 0 Å². The van der Waals surface area contributed by atoms with Crippen LogP contribution in [0.4, 0.5) is 0 Å². The van der Waals surface area contributed by atoms with E-state index in [1.54, 1.807) is 25.1 Å². The molecule has 4 N–H and O–H groups in total. The summed E-state index contributed by atoms with van der Waals surface area (Å²) >= 11 is 0. The zero-order valence-corrected chi connectivity index (χ0v) is 9.14. The van der Waals surface area contributed by atoms with Crippen LogP contribution in [0.25, 0.3) is 6.08 Å². The highest BCUT2D eigenvalue weighted by atomic mass is 16.5. The van der Waals surface area contributed by atoms with Crippen molar-refractivity contribution in [1.29, 1.82) is 0 Å². The molecule has 0 radical (unpaired) electrons. The first kappa shape index (κ1) is 12.0. The van der Waals surface area contributed by atoms with Gasteiger partial charge in [-0.15, -0.1) is 0 Å². The van der Waals surface area contributed by atoms with Crippen molar-refractivity contribution in [3.8, 4) is 0 Å². The molecular formula is C12H15N2O2+. The summed E-state index contributed by atoms with van der Waals surface area (Å²) in [7, 11) is 0. The molecule has 0 aliphatic rings. The molecule has 16 heavy (non-hydrogen) atoms. The maximum Gasteiger partial charge on any atom is 0.330 e. The van der Waals surface area contributed by atoms with E-state index in [1.807, 2.05) is 12.1 Å². The Labute approximate surface area is 94.2 Å². The number of hydrogen-bond donors (Lipinski definition) is 2. The predicted molar refractivity (Wildman–Crippen MR) is 62.3 cm³/mol. The molecule has 0 heterocycles. The lowest BCUT2D eigenvalue weighted by atomic mass is 10.1. The minimum atomic E-state index is -0.350. The predicted octanol–water partition coefficient (Wildman–Crippen LogP) is -0.273. The molecule has 4 nitrogen and oxygen atoms in total. The Bertz CT molecular complexity index is 408. The molecule has 0 saturated carbocycles. The van der Waals surface area contributed by atoms with Crippen molar-refractivity contribution in [3.63, 3.8) is 0 Å². The number of esters is 1. The normalized spacial score (nSPS) is 10.3. The Balaban J connectivity index is 2.68. The maximum atomic E-state index is 11.0. The first-order valence-electron chi connectivity index (χ1n) is 4.96. The molecule has 1 rings (SSSR count). The summed E-state index contributed by atoms with van der Waals surface area (Å²) < 4.78 is 4.76. The van der Waals surface area contributed by atoms with Crippen molar-refractivity contribution < 1.29 is 14.9 Å².